The SMILES string of the molecule is O=C(O)CCC(=O)NCCc1ccc2nc[nH]c2c1. The van der Waals surface area contributed by atoms with E-state index < -0.39 is 5.97 Å². The summed E-state index contributed by atoms with van der Waals surface area (Å²) in [5, 5.41) is 11.2. The number of hydrogen-bond donors (Lipinski definition) is 3. The van der Waals surface area contributed by atoms with Crippen molar-refractivity contribution in [2.75, 3.05) is 6.54 Å². The molecule has 2 rings (SSSR count). The van der Waals surface area contributed by atoms with Crippen LogP contribution in [0.5, 0.6) is 0 Å². The van der Waals surface area contributed by atoms with Crippen LogP contribution in [0.2, 0.25) is 0 Å². The molecule has 0 fully saturated rings. The largest absolute Gasteiger partial charge is 0.481 e. The Hall–Kier alpha value is -2.37. The third-order valence-corrected chi connectivity index (χ3v) is 2.79. The van der Waals surface area contributed by atoms with E-state index in [1.54, 1.807) is 6.33 Å². The minimum Gasteiger partial charge on any atom is -0.481 e. The Labute approximate surface area is 109 Å². The second-order valence-corrected chi connectivity index (χ2v) is 4.25. The van der Waals surface area contributed by atoms with Gasteiger partial charge in [0.25, 0.3) is 0 Å². The van der Waals surface area contributed by atoms with Crippen molar-refractivity contribution in [3.05, 3.63) is 30.1 Å². The molecule has 6 nitrogen and oxygen atoms in total. The fourth-order valence-electron chi connectivity index (χ4n) is 1.79. The van der Waals surface area contributed by atoms with Crippen LogP contribution in [0.25, 0.3) is 11.0 Å². The van der Waals surface area contributed by atoms with Gasteiger partial charge in [-0.1, -0.05) is 6.07 Å². The number of rotatable bonds is 6. The van der Waals surface area contributed by atoms with E-state index in [9.17, 15) is 9.59 Å². The molecule has 0 bridgehead atoms. The summed E-state index contributed by atoms with van der Waals surface area (Å²) in [5.74, 6) is -1.19. The van der Waals surface area contributed by atoms with E-state index in [0.29, 0.717) is 13.0 Å². The Kier molecular flexibility index (Phi) is 4.12. The Bertz CT molecular complexity index is 592. The van der Waals surface area contributed by atoms with Crippen LogP contribution < -0.4 is 5.32 Å². The van der Waals surface area contributed by atoms with E-state index in [2.05, 4.69) is 15.3 Å². The van der Waals surface area contributed by atoms with Crippen molar-refractivity contribution >= 4 is 22.9 Å². The number of amides is 1. The number of imidazole rings is 1. The first-order valence-corrected chi connectivity index (χ1v) is 6.05. The summed E-state index contributed by atoms with van der Waals surface area (Å²) in [5.41, 5.74) is 2.97. The zero-order valence-electron chi connectivity index (χ0n) is 10.3. The second kappa shape index (κ2) is 5.99. The lowest BCUT2D eigenvalue weighted by Crippen LogP contribution is -2.25. The van der Waals surface area contributed by atoms with E-state index >= 15 is 0 Å². The lowest BCUT2D eigenvalue weighted by Gasteiger charge is -2.04. The number of aromatic nitrogens is 2. The van der Waals surface area contributed by atoms with Gasteiger partial charge in [0.05, 0.1) is 23.8 Å². The molecule has 0 unspecified atom stereocenters. The lowest BCUT2D eigenvalue weighted by molar-refractivity contribution is -0.138. The first-order chi connectivity index (χ1) is 9.15. The van der Waals surface area contributed by atoms with E-state index in [1.807, 2.05) is 18.2 Å². The molecule has 1 aromatic heterocycles. The average molecular weight is 261 g/mol. The van der Waals surface area contributed by atoms with Gasteiger partial charge in [0, 0.05) is 13.0 Å². The van der Waals surface area contributed by atoms with Crippen LogP contribution in [0, 0.1) is 0 Å². The number of nitrogens with one attached hydrogen (secondary N) is 2. The molecule has 19 heavy (non-hydrogen) atoms. The molecule has 0 spiro atoms. The maximum Gasteiger partial charge on any atom is 0.303 e. The highest BCUT2D eigenvalue weighted by Crippen LogP contribution is 2.11. The van der Waals surface area contributed by atoms with Gasteiger partial charge in [-0.15, -0.1) is 0 Å². The monoisotopic (exact) mass is 261 g/mol. The van der Waals surface area contributed by atoms with Crippen LogP contribution in [0.15, 0.2) is 24.5 Å². The topological polar surface area (TPSA) is 95.1 Å². The van der Waals surface area contributed by atoms with Crippen molar-refractivity contribution in [3.8, 4) is 0 Å². The maximum atomic E-state index is 11.3. The van der Waals surface area contributed by atoms with Crippen LogP contribution in [0.1, 0.15) is 18.4 Å². The second-order valence-electron chi connectivity index (χ2n) is 4.25. The molecule has 100 valence electrons. The number of carbonyl (C=O) groups excluding carboxylic acids is 1. The lowest BCUT2D eigenvalue weighted by atomic mass is 10.1. The Balaban J connectivity index is 1.78. The molecule has 0 saturated heterocycles. The van der Waals surface area contributed by atoms with Gasteiger partial charge in [-0.05, 0) is 24.1 Å². The van der Waals surface area contributed by atoms with E-state index in [-0.39, 0.29) is 18.7 Å². The molecule has 1 heterocycles. The Morgan fingerprint density at radius 3 is 2.95 bits per heavy atom. The Morgan fingerprint density at radius 2 is 2.16 bits per heavy atom. The number of carboxylic acids is 1. The van der Waals surface area contributed by atoms with Crippen molar-refractivity contribution in [1.82, 2.24) is 15.3 Å². The third kappa shape index (κ3) is 3.80. The number of aromatic amines is 1. The number of nitrogens with zero attached hydrogens (tertiary/aromatic N) is 1. The first-order valence-electron chi connectivity index (χ1n) is 6.05. The quantitative estimate of drug-likeness (QED) is 0.725. The molecule has 2 aromatic rings. The molecule has 6 heteroatoms. The fourth-order valence-corrected chi connectivity index (χ4v) is 1.79. The fraction of sp³-hybridized carbons (Fsp3) is 0.308. The molecule has 0 aliphatic heterocycles. The number of hydrogen-bond acceptors (Lipinski definition) is 3. The van der Waals surface area contributed by atoms with Crippen LogP contribution >= 0.6 is 0 Å². The van der Waals surface area contributed by atoms with E-state index in [4.69, 9.17) is 5.11 Å². The molecule has 0 aliphatic carbocycles. The number of carboxylic acid groups (broad SMARTS) is 1. The predicted molar refractivity (Wildman–Crippen MR) is 69.7 cm³/mol. The third-order valence-electron chi connectivity index (χ3n) is 2.79. The van der Waals surface area contributed by atoms with Crippen molar-refractivity contribution in [2.45, 2.75) is 19.3 Å². The van der Waals surface area contributed by atoms with Crippen LogP contribution in [0.3, 0.4) is 0 Å². The highest BCUT2D eigenvalue weighted by Gasteiger charge is 2.05. The van der Waals surface area contributed by atoms with Crippen molar-refractivity contribution < 1.29 is 14.7 Å². The Morgan fingerprint density at radius 1 is 1.32 bits per heavy atom. The average Bonchev–Trinajstić information content (AvgIpc) is 2.83. The summed E-state index contributed by atoms with van der Waals surface area (Å²) in [6, 6.07) is 5.88. The van der Waals surface area contributed by atoms with Gasteiger partial charge in [0.15, 0.2) is 0 Å². The molecular formula is C13H15N3O3. The zero-order chi connectivity index (χ0) is 13.7. The predicted octanol–water partition coefficient (Wildman–Crippen LogP) is 1.09. The van der Waals surface area contributed by atoms with Crippen molar-refractivity contribution in [3.63, 3.8) is 0 Å². The van der Waals surface area contributed by atoms with E-state index in [1.165, 1.54) is 0 Å². The number of benzene rings is 1. The zero-order valence-corrected chi connectivity index (χ0v) is 10.3. The van der Waals surface area contributed by atoms with Crippen LogP contribution in [-0.2, 0) is 16.0 Å². The number of fused-ring (bicyclic) bond motifs is 1. The normalized spacial score (nSPS) is 10.5. The summed E-state index contributed by atoms with van der Waals surface area (Å²) in [6.07, 6.45) is 2.23. The van der Waals surface area contributed by atoms with Crippen LogP contribution in [-0.4, -0.2) is 33.5 Å². The van der Waals surface area contributed by atoms with Crippen molar-refractivity contribution in [1.29, 1.82) is 0 Å². The summed E-state index contributed by atoms with van der Waals surface area (Å²) in [4.78, 5) is 28.8. The van der Waals surface area contributed by atoms with Gasteiger partial charge in [-0.3, -0.25) is 9.59 Å². The maximum absolute atomic E-state index is 11.3. The van der Waals surface area contributed by atoms with Gasteiger partial charge < -0.3 is 15.4 Å². The standard InChI is InChI=1S/C13H15N3O3/c17-12(3-4-13(18)19)14-6-5-9-1-2-10-11(7-9)16-8-15-10/h1-2,7-8H,3-6H2,(H,14,17)(H,15,16)(H,18,19). The molecule has 1 amide bonds. The van der Waals surface area contributed by atoms with Gasteiger partial charge in [0.2, 0.25) is 5.91 Å². The van der Waals surface area contributed by atoms with Crippen molar-refractivity contribution in [2.24, 2.45) is 0 Å². The van der Waals surface area contributed by atoms with Gasteiger partial charge in [-0.25, -0.2) is 4.98 Å². The highest BCUT2D eigenvalue weighted by molar-refractivity contribution is 5.80. The molecule has 0 atom stereocenters. The van der Waals surface area contributed by atoms with Gasteiger partial charge in [-0.2, -0.15) is 0 Å². The minimum atomic E-state index is -0.958. The van der Waals surface area contributed by atoms with Gasteiger partial charge in [0.1, 0.15) is 0 Å². The highest BCUT2D eigenvalue weighted by atomic mass is 16.4. The van der Waals surface area contributed by atoms with Gasteiger partial charge >= 0.3 is 5.97 Å². The molecule has 0 radical (unpaired) electrons. The summed E-state index contributed by atoms with van der Waals surface area (Å²) < 4.78 is 0. The minimum absolute atomic E-state index is 0.0227. The molecule has 0 saturated carbocycles. The molecular weight excluding hydrogens is 246 g/mol. The number of aliphatic carboxylic acids is 1. The molecule has 1 aromatic carbocycles. The smallest absolute Gasteiger partial charge is 0.303 e. The number of carbonyl (C=O) groups is 2. The van der Waals surface area contributed by atoms with E-state index in [0.717, 1.165) is 16.6 Å². The van der Waals surface area contributed by atoms with Crippen LogP contribution in [0.4, 0.5) is 0 Å². The first kappa shape index (κ1) is 13.1. The summed E-state index contributed by atoms with van der Waals surface area (Å²) in [7, 11) is 0. The summed E-state index contributed by atoms with van der Waals surface area (Å²) in [6.45, 7) is 0.498. The number of H-pyrrole nitrogens is 1. The molecule has 3 N–H and O–H groups in total. The summed E-state index contributed by atoms with van der Waals surface area (Å²) >= 11 is 0. The molecule has 0 aliphatic rings.